The van der Waals surface area contributed by atoms with Gasteiger partial charge in [0.05, 0.1) is 6.10 Å². The first kappa shape index (κ1) is 13.5. The van der Waals surface area contributed by atoms with Gasteiger partial charge in [0.15, 0.2) is 0 Å². The Morgan fingerprint density at radius 3 is 2.44 bits per heavy atom. The minimum atomic E-state index is -0.379. The molecule has 0 spiro atoms. The lowest BCUT2D eigenvalue weighted by Gasteiger charge is -2.20. The highest BCUT2D eigenvalue weighted by Gasteiger charge is 2.15. The molecular weight excluding hydrogens is 220 g/mol. The van der Waals surface area contributed by atoms with Gasteiger partial charge >= 0.3 is 0 Å². The summed E-state index contributed by atoms with van der Waals surface area (Å²) in [5, 5.41) is 10.8. The fourth-order valence-corrected chi connectivity index (χ4v) is 1.73. The van der Waals surface area contributed by atoms with Crippen molar-refractivity contribution in [3.63, 3.8) is 0 Å². The summed E-state index contributed by atoms with van der Waals surface area (Å²) in [6.07, 6.45) is 1.43. The number of rotatable bonds is 3. The Kier molecular flexibility index (Phi) is 4.40. The minimum absolute atomic E-state index is 0.266. The molecule has 1 unspecified atom stereocenters. The lowest BCUT2D eigenvalue weighted by molar-refractivity contribution is 0.147. The smallest absolute Gasteiger partial charge is 0.0790 e. The molecular formula is C14H21ClO. The van der Waals surface area contributed by atoms with Crippen molar-refractivity contribution in [3.8, 4) is 0 Å². The summed E-state index contributed by atoms with van der Waals surface area (Å²) in [5.74, 6) is 0. The third-order valence-electron chi connectivity index (χ3n) is 2.73. The zero-order valence-corrected chi connectivity index (χ0v) is 11.3. The summed E-state index contributed by atoms with van der Waals surface area (Å²) >= 11 is 5.95. The summed E-state index contributed by atoms with van der Waals surface area (Å²) in [6.45, 7) is 8.52. The van der Waals surface area contributed by atoms with Gasteiger partial charge in [-0.15, -0.1) is 0 Å². The van der Waals surface area contributed by atoms with Crippen molar-refractivity contribution in [3.05, 3.63) is 34.3 Å². The van der Waals surface area contributed by atoms with Gasteiger partial charge in [-0.25, -0.2) is 0 Å². The van der Waals surface area contributed by atoms with Crippen LogP contribution in [0.15, 0.2) is 18.2 Å². The number of aryl methyl sites for hydroxylation is 1. The van der Waals surface area contributed by atoms with Gasteiger partial charge in [0.25, 0.3) is 0 Å². The van der Waals surface area contributed by atoms with E-state index >= 15 is 0 Å². The molecule has 0 bridgehead atoms. The van der Waals surface area contributed by atoms with Crippen LogP contribution in [0.4, 0.5) is 0 Å². The largest absolute Gasteiger partial charge is 0.388 e. The Morgan fingerprint density at radius 1 is 1.31 bits per heavy atom. The van der Waals surface area contributed by atoms with Crippen molar-refractivity contribution in [2.75, 3.05) is 0 Å². The second-order valence-electron chi connectivity index (χ2n) is 5.62. The highest BCUT2D eigenvalue weighted by atomic mass is 35.5. The van der Waals surface area contributed by atoms with Crippen LogP contribution in [-0.4, -0.2) is 5.11 Å². The highest BCUT2D eigenvalue weighted by Crippen LogP contribution is 2.28. The van der Waals surface area contributed by atoms with Crippen LogP contribution in [0.2, 0.25) is 5.02 Å². The molecule has 0 aliphatic rings. The molecule has 1 rings (SSSR count). The second kappa shape index (κ2) is 5.20. The van der Waals surface area contributed by atoms with Crippen molar-refractivity contribution in [2.45, 2.75) is 46.6 Å². The Balaban J connectivity index is 2.66. The minimum Gasteiger partial charge on any atom is -0.388 e. The van der Waals surface area contributed by atoms with Gasteiger partial charge in [0.1, 0.15) is 0 Å². The zero-order valence-electron chi connectivity index (χ0n) is 10.5. The molecule has 1 aromatic rings. The number of aliphatic hydroxyl groups is 1. The fraction of sp³-hybridized carbons (Fsp3) is 0.571. The molecule has 0 aliphatic heterocycles. The molecule has 0 amide bonds. The van der Waals surface area contributed by atoms with Crippen LogP contribution in [0.3, 0.4) is 0 Å². The monoisotopic (exact) mass is 240 g/mol. The average molecular weight is 241 g/mol. The Morgan fingerprint density at radius 2 is 1.94 bits per heavy atom. The van der Waals surface area contributed by atoms with Crippen LogP contribution in [0.25, 0.3) is 0 Å². The molecule has 1 aromatic carbocycles. The van der Waals surface area contributed by atoms with Gasteiger partial charge in [0.2, 0.25) is 0 Å². The summed E-state index contributed by atoms with van der Waals surface area (Å²) in [7, 11) is 0. The molecule has 0 fully saturated rings. The number of aliphatic hydroxyl groups excluding tert-OH is 1. The Bertz CT molecular complexity index is 352. The molecule has 90 valence electrons. The number of hydrogen-bond acceptors (Lipinski definition) is 1. The molecule has 16 heavy (non-hydrogen) atoms. The molecule has 0 saturated carbocycles. The van der Waals surface area contributed by atoms with Crippen molar-refractivity contribution < 1.29 is 5.11 Å². The zero-order chi connectivity index (χ0) is 12.3. The lowest BCUT2D eigenvalue weighted by atomic mass is 9.88. The van der Waals surface area contributed by atoms with E-state index < -0.39 is 0 Å². The van der Waals surface area contributed by atoms with Gasteiger partial charge in [-0.05, 0) is 42.4 Å². The summed E-state index contributed by atoms with van der Waals surface area (Å²) in [4.78, 5) is 0. The van der Waals surface area contributed by atoms with Crippen LogP contribution in [0.5, 0.6) is 0 Å². The topological polar surface area (TPSA) is 20.2 Å². The SMILES string of the molecule is Cc1cc(C(O)CCC(C)(C)C)ccc1Cl. The first-order valence-electron chi connectivity index (χ1n) is 5.74. The quantitative estimate of drug-likeness (QED) is 0.824. The van der Waals surface area contributed by atoms with E-state index in [0.717, 1.165) is 29.0 Å². The Hall–Kier alpha value is -0.530. The second-order valence-corrected chi connectivity index (χ2v) is 6.03. The van der Waals surface area contributed by atoms with Gasteiger partial charge in [-0.1, -0.05) is 44.5 Å². The van der Waals surface area contributed by atoms with E-state index in [4.69, 9.17) is 11.6 Å². The van der Waals surface area contributed by atoms with Gasteiger partial charge in [-0.3, -0.25) is 0 Å². The van der Waals surface area contributed by atoms with Crippen molar-refractivity contribution >= 4 is 11.6 Å². The van der Waals surface area contributed by atoms with E-state index in [0.29, 0.717) is 0 Å². The maximum absolute atomic E-state index is 10.1. The third-order valence-corrected chi connectivity index (χ3v) is 3.16. The van der Waals surface area contributed by atoms with Gasteiger partial charge in [-0.2, -0.15) is 0 Å². The first-order chi connectivity index (χ1) is 7.29. The van der Waals surface area contributed by atoms with Gasteiger partial charge < -0.3 is 5.11 Å². The van der Waals surface area contributed by atoms with Crippen LogP contribution < -0.4 is 0 Å². The van der Waals surface area contributed by atoms with Crippen molar-refractivity contribution in [1.29, 1.82) is 0 Å². The van der Waals surface area contributed by atoms with E-state index in [1.165, 1.54) is 0 Å². The van der Waals surface area contributed by atoms with Crippen LogP contribution >= 0.6 is 11.6 Å². The van der Waals surface area contributed by atoms with Crippen molar-refractivity contribution in [2.24, 2.45) is 5.41 Å². The molecule has 1 N–H and O–H groups in total. The maximum atomic E-state index is 10.1. The lowest BCUT2D eigenvalue weighted by Crippen LogP contribution is -2.08. The van der Waals surface area contributed by atoms with E-state index in [2.05, 4.69) is 20.8 Å². The number of benzene rings is 1. The van der Waals surface area contributed by atoms with Gasteiger partial charge in [0, 0.05) is 5.02 Å². The summed E-state index contributed by atoms with van der Waals surface area (Å²) in [5.41, 5.74) is 2.25. The molecule has 1 nitrogen and oxygen atoms in total. The van der Waals surface area contributed by atoms with E-state index in [9.17, 15) is 5.11 Å². The summed E-state index contributed by atoms with van der Waals surface area (Å²) in [6, 6.07) is 5.73. The molecule has 0 aliphatic carbocycles. The fourth-order valence-electron chi connectivity index (χ4n) is 1.61. The standard InChI is InChI=1S/C14H21ClO/c1-10-9-11(5-6-12(10)15)13(16)7-8-14(2,3)4/h5-6,9,13,16H,7-8H2,1-4H3. The van der Waals surface area contributed by atoms with Crippen LogP contribution in [-0.2, 0) is 0 Å². The predicted molar refractivity (Wildman–Crippen MR) is 69.8 cm³/mol. The Labute approximate surface area is 103 Å². The van der Waals surface area contributed by atoms with E-state index in [1.54, 1.807) is 0 Å². The normalized spacial score (nSPS) is 13.9. The third kappa shape index (κ3) is 4.15. The van der Waals surface area contributed by atoms with E-state index in [1.807, 2.05) is 25.1 Å². The first-order valence-corrected chi connectivity index (χ1v) is 6.11. The molecule has 0 radical (unpaired) electrons. The van der Waals surface area contributed by atoms with Crippen LogP contribution in [0, 0.1) is 12.3 Å². The molecule has 0 heterocycles. The predicted octanol–water partition coefficient (Wildman–Crippen LogP) is 4.51. The molecule has 2 heteroatoms. The summed E-state index contributed by atoms with van der Waals surface area (Å²) < 4.78 is 0. The number of hydrogen-bond donors (Lipinski definition) is 1. The van der Waals surface area contributed by atoms with Crippen LogP contribution in [0.1, 0.15) is 50.8 Å². The van der Waals surface area contributed by atoms with E-state index in [-0.39, 0.29) is 11.5 Å². The molecule has 0 aromatic heterocycles. The molecule has 1 atom stereocenters. The maximum Gasteiger partial charge on any atom is 0.0790 e. The van der Waals surface area contributed by atoms with Crippen molar-refractivity contribution in [1.82, 2.24) is 0 Å². The highest BCUT2D eigenvalue weighted by molar-refractivity contribution is 6.31. The molecule has 0 saturated heterocycles. The number of halogens is 1. The average Bonchev–Trinajstić information content (AvgIpc) is 2.17.